The second-order valence-electron chi connectivity index (χ2n) is 9.47. The first kappa shape index (κ1) is 23.1. The molecule has 0 radical (unpaired) electrons. The molecule has 1 unspecified atom stereocenters. The molecule has 0 N–H and O–H groups in total. The standard InChI is InChI=1S/C27H29ClFN2O3/c1-3-17-16-31(29)13-11-19(17)14-25(31)26(34-27(32)18-4-6-20(28)7-5-18)22-10-12-30-24-9-8-21(33-2)15-23(22)24/h4-10,12,15,17,19,25-26H,3,11,13-14,16H2,1-2H3/q+1/t17-,19-,25-,26+,31?/m0/s1. The third-order valence-electron chi connectivity index (χ3n) is 7.69. The molecule has 0 spiro atoms. The molecular formula is C27H29ClFN2O3+. The predicted octanol–water partition coefficient (Wildman–Crippen LogP) is 6.31. The van der Waals surface area contributed by atoms with Gasteiger partial charge in [0.15, 0.2) is 12.1 Å². The van der Waals surface area contributed by atoms with Crippen LogP contribution in [0.3, 0.4) is 0 Å². The van der Waals surface area contributed by atoms with Gasteiger partial charge < -0.3 is 9.47 Å². The Morgan fingerprint density at radius 2 is 2.03 bits per heavy atom. The molecule has 3 saturated heterocycles. The molecule has 1 aromatic heterocycles. The number of benzene rings is 2. The van der Waals surface area contributed by atoms with Crippen LogP contribution < -0.4 is 4.74 Å². The van der Waals surface area contributed by atoms with Crippen LogP contribution >= 0.6 is 11.6 Å². The zero-order chi connectivity index (χ0) is 23.9. The quantitative estimate of drug-likeness (QED) is 0.304. The van der Waals surface area contributed by atoms with Gasteiger partial charge in [-0.3, -0.25) is 4.98 Å². The maximum Gasteiger partial charge on any atom is 0.338 e. The average Bonchev–Trinajstić information content (AvgIpc) is 2.86. The Labute approximate surface area is 204 Å². The molecular weight excluding hydrogens is 455 g/mol. The molecule has 3 aliphatic rings. The number of carbonyl (C=O) groups excluding carboxylic acids is 1. The number of fused-ring (bicyclic) bond motifs is 4. The summed E-state index contributed by atoms with van der Waals surface area (Å²) in [4.78, 5) is 17.7. The molecule has 6 rings (SSSR count). The molecule has 0 aliphatic carbocycles. The highest BCUT2D eigenvalue weighted by Gasteiger charge is 2.57. The van der Waals surface area contributed by atoms with Gasteiger partial charge in [0.05, 0.1) is 18.2 Å². The maximum atomic E-state index is 16.5. The Hall–Kier alpha value is -2.70. The van der Waals surface area contributed by atoms with Crippen molar-refractivity contribution in [3.05, 3.63) is 70.9 Å². The smallest absolute Gasteiger partial charge is 0.338 e. The SMILES string of the molecule is CC[C@H]1C[N+]2(F)CC[C@H]1C[C@H]2[C@H](OC(=O)c1ccc(Cl)cc1)c1ccnc2ccc(OC)cc12. The molecule has 2 aromatic carbocycles. The van der Waals surface area contributed by atoms with E-state index in [1.165, 1.54) is 0 Å². The fourth-order valence-electron chi connectivity index (χ4n) is 5.83. The van der Waals surface area contributed by atoms with Gasteiger partial charge in [0, 0.05) is 40.9 Å². The first-order valence-electron chi connectivity index (χ1n) is 11.9. The van der Waals surface area contributed by atoms with E-state index in [0.717, 1.165) is 29.3 Å². The molecule has 178 valence electrons. The van der Waals surface area contributed by atoms with Crippen LogP contribution in [-0.4, -0.2) is 41.9 Å². The average molecular weight is 484 g/mol. The third kappa shape index (κ3) is 4.14. The van der Waals surface area contributed by atoms with Gasteiger partial charge in [-0.05, 0) is 65.4 Å². The van der Waals surface area contributed by atoms with Crippen molar-refractivity contribution in [3.8, 4) is 5.75 Å². The van der Waals surface area contributed by atoms with E-state index in [9.17, 15) is 4.79 Å². The number of piperidine rings is 3. The van der Waals surface area contributed by atoms with Crippen molar-refractivity contribution in [2.24, 2.45) is 11.8 Å². The van der Waals surface area contributed by atoms with Gasteiger partial charge in [-0.25, -0.2) is 4.79 Å². The van der Waals surface area contributed by atoms with E-state index in [1.54, 1.807) is 37.6 Å². The monoisotopic (exact) mass is 483 g/mol. The number of methoxy groups -OCH3 is 1. The minimum absolute atomic E-state index is 0.358. The molecule has 0 saturated carbocycles. The second-order valence-corrected chi connectivity index (χ2v) is 9.90. The lowest BCUT2D eigenvalue weighted by Crippen LogP contribution is -2.64. The summed E-state index contributed by atoms with van der Waals surface area (Å²) in [5.41, 5.74) is 1.89. The lowest BCUT2D eigenvalue weighted by molar-refractivity contribution is -1.09. The molecule has 0 amide bonds. The molecule has 2 bridgehead atoms. The van der Waals surface area contributed by atoms with Gasteiger partial charge in [-0.1, -0.05) is 18.5 Å². The molecule has 34 heavy (non-hydrogen) atoms. The highest BCUT2D eigenvalue weighted by molar-refractivity contribution is 6.30. The van der Waals surface area contributed by atoms with Crippen molar-refractivity contribution in [3.63, 3.8) is 0 Å². The lowest BCUT2D eigenvalue weighted by Gasteiger charge is -2.51. The summed E-state index contributed by atoms with van der Waals surface area (Å²) in [6.45, 7) is 3.05. The van der Waals surface area contributed by atoms with E-state index in [4.69, 9.17) is 21.1 Å². The van der Waals surface area contributed by atoms with E-state index in [-0.39, 0.29) is 0 Å². The van der Waals surface area contributed by atoms with Crippen LogP contribution in [0.15, 0.2) is 54.7 Å². The summed E-state index contributed by atoms with van der Waals surface area (Å²) in [6, 6.07) is 13.5. The van der Waals surface area contributed by atoms with Crippen molar-refractivity contribution in [1.82, 2.24) is 4.98 Å². The van der Waals surface area contributed by atoms with E-state index < -0.39 is 22.8 Å². The van der Waals surface area contributed by atoms with Gasteiger partial charge in [-0.2, -0.15) is 0 Å². The van der Waals surface area contributed by atoms with Gasteiger partial charge >= 0.3 is 5.97 Å². The van der Waals surface area contributed by atoms with Gasteiger partial charge in [0.2, 0.25) is 0 Å². The molecule has 5 nitrogen and oxygen atoms in total. The third-order valence-corrected chi connectivity index (χ3v) is 7.94. The van der Waals surface area contributed by atoms with E-state index in [0.29, 0.717) is 47.7 Å². The minimum atomic E-state index is -0.758. The van der Waals surface area contributed by atoms with Crippen molar-refractivity contribution >= 4 is 28.5 Å². The largest absolute Gasteiger partial charge is 0.497 e. The fourth-order valence-corrected chi connectivity index (χ4v) is 5.95. The predicted molar refractivity (Wildman–Crippen MR) is 129 cm³/mol. The number of rotatable bonds is 6. The second kappa shape index (κ2) is 9.16. The number of hydrogen-bond acceptors (Lipinski definition) is 4. The van der Waals surface area contributed by atoms with Crippen LogP contribution in [0.2, 0.25) is 5.02 Å². The minimum Gasteiger partial charge on any atom is -0.497 e. The topological polar surface area (TPSA) is 48.4 Å². The zero-order valence-electron chi connectivity index (χ0n) is 19.4. The number of pyridine rings is 1. The first-order valence-corrected chi connectivity index (χ1v) is 12.2. The highest BCUT2D eigenvalue weighted by atomic mass is 35.5. The zero-order valence-corrected chi connectivity index (χ0v) is 20.2. The number of ether oxygens (including phenoxy) is 2. The molecule has 3 fully saturated rings. The van der Waals surface area contributed by atoms with Gasteiger partial charge in [-0.15, -0.1) is 4.71 Å². The normalized spacial score (nSPS) is 26.9. The van der Waals surface area contributed by atoms with Gasteiger partial charge in [0.25, 0.3) is 0 Å². The Morgan fingerprint density at radius 3 is 2.74 bits per heavy atom. The summed E-state index contributed by atoms with van der Waals surface area (Å²) in [5, 5.41) is 1.34. The molecule has 4 heterocycles. The summed E-state index contributed by atoms with van der Waals surface area (Å²) in [6.07, 6.45) is 3.45. The summed E-state index contributed by atoms with van der Waals surface area (Å²) in [5.74, 6) is 0.975. The number of nitrogens with zero attached hydrogens (tertiary/aromatic N) is 2. The fraction of sp³-hybridized carbons (Fsp3) is 0.407. The van der Waals surface area contributed by atoms with E-state index in [1.807, 2.05) is 24.3 Å². The van der Waals surface area contributed by atoms with Crippen LogP contribution in [0.4, 0.5) is 4.48 Å². The van der Waals surface area contributed by atoms with Crippen molar-refractivity contribution in [1.29, 1.82) is 0 Å². The number of carbonyl (C=O) groups is 1. The highest BCUT2D eigenvalue weighted by Crippen LogP contribution is 2.49. The molecule has 3 aliphatic heterocycles. The Kier molecular flexibility index (Phi) is 6.21. The van der Waals surface area contributed by atoms with E-state index >= 15 is 4.48 Å². The Morgan fingerprint density at radius 1 is 1.24 bits per heavy atom. The van der Waals surface area contributed by atoms with Gasteiger partial charge in [0.1, 0.15) is 18.8 Å². The van der Waals surface area contributed by atoms with Crippen LogP contribution in [0, 0.1) is 11.8 Å². The molecule has 5 atom stereocenters. The molecule has 7 heteroatoms. The number of quaternary nitrogens is 1. The van der Waals surface area contributed by atoms with Crippen LogP contribution in [-0.2, 0) is 4.74 Å². The lowest BCUT2D eigenvalue weighted by atomic mass is 9.72. The summed E-state index contributed by atoms with van der Waals surface area (Å²) in [7, 11) is 1.60. The number of aromatic nitrogens is 1. The summed E-state index contributed by atoms with van der Waals surface area (Å²) >= 11 is 6.00. The van der Waals surface area contributed by atoms with Crippen molar-refractivity contribution < 1.29 is 23.5 Å². The number of hydrogen-bond donors (Lipinski definition) is 0. The first-order chi connectivity index (χ1) is 16.4. The van der Waals surface area contributed by atoms with Crippen LogP contribution in [0.1, 0.15) is 48.2 Å². The number of esters is 1. The van der Waals surface area contributed by atoms with Crippen molar-refractivity contribution in [2.75, 3.05) is 20.2 Å². The Bertz CT molecular complexity index is 1200. The Balaban J connectivity index is 1.59. The maximum absolute atomic E-state index is 16.5. The number of halogens is 2. The molecule has 3 aromatic rings. The summed E-state index contributed by atoms with van der Waals surface area (Å²) < 4.78 is 27.5. The van der Waals surface area contributed by atoms with Crippen LogP contribution in [0.5, 0.6) is 5.75 Å². The van der Waals surface area contributed by atoms with Crippen LogP contribution in [0.25, 0.3) is 10.9 Å². The van der Waals surface area contributed by atoms with E-state index in [2.05, 4.69) is 11.9 Å². The van der Waals surface area contributed by atoms with Crippen molar-refractivity contribution in [2.45, 2.75) is 38.3 Å².